The molecule has 0 aliphatic heterocycles. The summed E-state index contributed by atoms with van der Waals surface area (Å²) in [6.07, 6.45) is 3.49. The van der Waals surface area contributed by atoms with Gasteiger partial charge in [0.15, 0.2) is 0 Å². The zero-order valence-electron chi connectivity index (χ0n) is 24.0. The van der Waals surface area contributed by atoms with Crippen molar-refractivity contribution in [3.05, 3.63) is 34.9 Å². The maximum absolute atomic E-state index is 14.2. The van der Waals surface area contributed by atoms with E-state index in [2.05, 4.69) is 24.5 Å². The van der Waals surface area contributed by atoms with Crippen molar-refractivity contribution in [1.82, 2.24) is 15.5 Å². The first kappa shape index (κ1) is 31.5. The first-order valence-electron chi connectivity index (χ1n) is 13.5. The number of carbonyl (C=O) groups excluding carboxylic acids is 3. The maximum Gasteiger partial charge on any atom is 0.408 e. The molecule has 2 N–H and O–H groups in total. The summed E-state index contributed by atoms with van der Waals surface area (Å²) < 4.78 is 5.47. The van der Waals surface area contributed by atoms with Crippen molar-refractivity contribution < 1.29 is 19.1 Å². The average molecular weight is 504 g/mol. The number of carbonyl (C=O) groups is 3. The Balaban J connectivity index is 3.53. The van der Waals surface area contributed by atoms with E-state index in [0.717, 1.165) is 42.4 Å². The number of hydrogen-bond acceptors (Lipinski definition) is 4. The Hall–Kier alpha value is -2.57. The average Bonchev–Trinajstić information content (AvgIpc) is 2.80. The lowest BCUT2D eigenvalue weighted by Crippen LogP contribution is -2.55. The van der Waals surface area contributed by atoms with Gasteiger partial charge in [-0.2, -0.15) is 0 Å². The fourth-order valence-electron chi connectivity index (χ4n) is 4.00. The summed E-state index contributed by atoms with van der Waals surface area (Å²) >= 11 is 0. The summed E-state index contributed by atoms with van der Waals surface area (Å²) in [5.74, 6) is -0.599. The predicted octanol–water partition coefficient (Wildman–Crippen LogP) is 5.83. The summed E-state index contributed by atoms with van der Waals surface area (Å²) in [4.78, 5) is 42.2. The molecule has 0 saturated heterocycles. The number of amides is 3. The molecule has 0 heterocycles. The van der Waals surface area contributed by atoms with Crippen LogP contribution in [-0.4, -0.2) is 47.5 Å². The highest BCUT2D eigenvalue weighted by atomic mass is 16.6. The van der Waals surface area contributed by atoms with Gasteiger partial charge in [0.2, 0.25) is 11.8 Å². The monoisotopic (exact) mass is 503 g/mol. The lowest BCUT2D eigenvalue weighted by Gasteiger charge is -2.36. The SMILES string of the molecule is CCCCNC(=O)C(c1cccc(C)c1C)N(CCCC)C(=O)C(NC(=O)OC(C)(C)C)C(C)CC. The van der Waals surface area contributed by atoms with E-state index in [1.807, 2.05) is 45.9 Å². The molecule has 0 saturated carbocycles. The second-order valence-corrected chi connectivity index (χ2v) is 10.7. The highest BCUT2D eigenvalue weighted by molar-refractivity contribution is 5.92. The Labute approximate surface area is 218 Å². The van der Waals surface area contributed by atoms with Crippen molar-refractivity contribution in [1.29, 1.82) is 0 Å². The Kier molecular flexibility index (Phi) is 13.0. The van der Waals surface area contributed by atoms with Crippen molar-refractivity contribution in [2.45, 2.75) is 112 Å². The predicted molar refractivity (Wildman–Crippen MR) is 146 cm³/mol. The van der Waals surface area contributed by atoms with Crippen LogP contribution >= 0.6 is 0 Å². The van der Waals surface area contributed by atoms with Gasteiger partial charge in [-0.25, -0.2) is 4.79 Å². The first-order valence-corrected chi connectivity index (χ1v) is 13.5. The normalized spacial score (nSPS) is 13.9. The Morgan fingerprint density at radius 3 is 2.22 bits per heavy atom. The number of benzene rings is 1. The third-order valence-corrected chi connectivity index (χ3v) is 6.52. The molecule has 1 aromatic carbocycles. The standard InChI is InChI=1S/C29H49N3O4/c1-10-13-18-30-26(33)25(23-17-15-16-21(5)22(23)6)32(19-14-11-2)27(34)24(20(4)12-3)31-28(35)36-29(7,8)9/h15-17,20,24-25H,10-14,18-19H2,1-9H3,(H,30,33)(H,31,35). The van der Waals surface area contributed by atoms with E-state index in [-0.39, 0.29) is 17.7 Å². The van der Waals surface area contributed by atoms with E-state index in [1.165, 1.54) is 0 Å². The molecule has 0 aliphatic rings. The van der Waals surface area contributed by atoms with Crippen LogP contribution in [0.3, 0.4) is 0 Å². The molecule has 1 aromatic rings. The van der Waals surface area contributed by atoms with E-state index < -0.39 is 23.8 Å². The first-order chi connectivity index (χ1) is 16.9. The minimum Gasteiger partial charge on any atom is -0.444 e. The van der Waals surface area contributed by atoms with Gasteiger partial charge in [-0.15, -0.1) is 0 Å². The molecule has 0 radical (unpaired) electrons. The smallest absolute Gasteiger partial charge is 0.408 e. The maximum atomic E-state index is 14.2. The minimum absolute atomic E-state index is 0.142. The summed E-state index contributed by atoms with van der Waals surface area (Å²) in [5, 5.41) is 5.87. The van der Waals surface area contributed by atoms with Gasteiger partial charge in [0.25, 0.3) is 0 Å². The Morgan fingerprint density at radius 1 is 1.03 bits per heavy atom. The van der Waals surface area contributed by atoms with E-state index in [1.54, 1.807) is 25.7 Å². The van der Waals surface area contributed by atoms with Crippen LogP contribution in [0.4, 0.5) is 4.79 Å². The molecule has 204 valence electrons. The quantitative estimate of drug-likeness (QED) is 0.332. The lowest BCUT2D eigenvalue weighted by molar-refractivity contribution is -0.143. The topological polar surface area (TPSA) is 87.7 Å². The molecule has 3 atom stereocenters. The number of ether oxygens (including phenoxy) is 1. The van der Waals surface area contributed by atoms with Gasteiger partial charge >= 0.3 is 6.09 Å². The van der Waals surface area contributed by atoms with Gasteiger partial charge in [-0.3, -0.25) is 9.59 Å². The fourth-order valence-corrected chi connectivity index (χ4v) is 4.00. The van der Waals surface area contributed by atoms with Crippen LogP contribution in [0.15, 0.2) is 18.2 Å². The van der Waals surface area contributed by atoms with Crippen LogP contribution in [0.5, 0.6) is 0 Å². The van der Waals surface area contributed by atoms with Crippen LogP contribution in [0.2, 0.25) is 0 Å². The number of nitrogens with zero attached hydrogens (tertiary/aromatic N) is 1. The lowest BCUT2D eigenvalue weighted by atomic mass is 9.92. The molecule has 36 heavy (non-hydrogen) atoms. The van der Waals surface area contributed by atoms with Gasteiger partial charge in [0.05, 0.1) is 0 Å². The number of unbranched alkanes of at least 4 members (excludes halogenated alkanes) is 2. The van der Waals surface area contributed by atoms with Gasteiger partial charge in [0, 0.05) is 13.1 Å². The zero-order chi connectivity index (χ0) is 27.5. The third kappa shape index (κ3) is 9.47. The second-order valence-electron chi connectivity index (χ2n) is 10.7. The second kappa shape index (κ2) is 14.9. The molecule has 0 spiro atoms. The molecule has 1 rings (SSSR count). The highest BCUT2D eigenvalue weighted by Gasteiger charge is 2.38. The molecule has 0 bridgehead atoms. The molecule has 0 aliphatic carbocycles. The summed E-state index contributed by atoms with van der Waals surface area (Å²) in [5.41, 5.74) is 2.18. The summed E-state index contributed by atoms with van der Waals surface area (Å²) in [6.45, 7) is 18.4. The summed E-state index contributed by atoms with van der Waals surface area (Å²) in [7, 11) is 0. The van der Waals surface area contributed by atoms with E-state index in [4.69, 9.17) is 4.74 Å². The number of hydrogen-bond donors (Lipinski definition) is 2. The van der Waals surface area contributed by atoms with Crippen LogP contribution in [0, 0.1) is 19.8 Å². The number of aryl methyl sites for hydroxylation is 1. The van der Waals surface area contributed by atoms with Gasteiger partial charge in [-0.1, -0.05) is 65.2 Å². The summed E-state index contributed by atoms with van der Waals surface area (Å²) in [6, 6.07) is 4.27. The van der Waals surface area contributed by atoms with Crippen LogP contribution < -0.4 is 10.6 Å². The van der Waals surface area contributed by atoms with Crippen LogP contribution in [0.25, 0.3) is 0 Å². The number of rotatable bonds is 13. The molecule has 3 unspecified atom stereocenters. The van der Waals surface area contributed by atoms with Crippen molar-refractivity contribution in [2.24, 2.45) is 5.92 Å². The third-order valence-electron chi connectivity index (χ3n) is 6.52. The molecule has 0 fully saturated rings. The van der Waals surface area contributed by atoms with Crippen LogP contribution in [-0.2, 0) is 14.3 Å². The van der Waals surface area contributed by atoms with Crippen molar-refractivity contribution in [3.63, 3.8) is 0 Å². The van der Waals surface area contributed by atoms with E-state index in [0.29, 0.717) is 19.5 Å². The largest absolute Gasteiger partial charge is 0.444 e. The minimum atomic E-state index is -0.808. The Bertz CT molecular complexity index is 863. The van der Waals surface area contributed by atoms with E-state index >= 15 is 0 Å². The molecular formula is C29H49N3O4. The van der Waals surface area contributed by atoms with Gasteiger partial charge < -0.3 is 20.3 Å². The zero-order valence-corrected chi connectivity index (χ0v) is 24.0. The van der Waals surface area contributed by atoms with Gasteiger partial charge in [-0.05, 0) is 70.1 Å². The van der Waals surface area contributed by atoms with Crippen molar-refractivity contribution >= 4 is 17.9 Å². The Morgan fingerprint density at radius 2 is 1.67 bits per heavy atom. The molecule has 7 heteroatoms. The molecule has 7 nitrogen and oxygen atoms in total. The van der Waals surface area contributed by atoms with Gasteiger partial charge in [0.1, 0.15) is 17.7 Å². The van der Waals surface area contributed by atoms with Crippen molar-refractivity contribution in [3.8, 4) is 0 Å². The molecule has 0 aromatic heterocycles. The molecule has 3 amide bonds. The van der Waals surface area contributed by atoms with E-state index in [9.17, 15) is 14.4 Å². The fraction of sp³-hybridized carbons (Fsp3) is 0.690. The van der Waals surface area contributed by atoms with Crippen LogP contribution in [0.1, 0.15) is 103 Å². The number of alkyl carbamates (subject to hydrolysis) is 1. The molecular weight excluding hydrogens is 454 g/mol. The number of nitrogens with one attached hydrogen (secondary N) is 2. The van der Waals surface area contributed by atoms with Crippen molar-refractivity contribution in [2.75, 3.05) is 13.1 Å². The highest BCUT2D eigenvalue weighted by Crippen LogP contribution is 2.29.